The number of nitrogens with zero attached hydrogens (tertiary/aromatic N) is 2. The molecule has 0 atom stereocenters. The van der Waals surface area contributed by atoms with Gasteiger partial charge in [-0.25, -0.2) is 4.98 Å². The molecule has 1 amide bonds. The van der Waals surface area contributed by atoms with Crippen LogP contribution in [-0.4, -0.2) is 29.9 Å². The smallest absolute Gasteiger partial charge is 0.255 e. The van der Waals surface area contributed by atoms with Gasteiger partial charge in [-0.3, -0.25) is 4.79 Å². The van der Waals surface area contributed by atoms with Crippen molar-refractivity contribution in [3.8, 4) is 5.75 Å². The topological polar surface area (TPSA) is 68.5 Å². The Morgan fingerprint density at radius 3 is 2.90 bits per heavy atom. The van der Waals surface area contributed by atoms with Crippen molar-refractivity contribution >= 4 is 23.3 Å². The summed E-state index contributed by atoms with van der Waals surface area (Å²) in [6, 6.07) is 9.02. The van der Waals surface area contributed by atoms with Crippen LogP contribution in [0.3, 0.4) is 0 Å². The number of benzene rings is 1. The third kappa shape index (κ3) is 3.64. The molecule has 0 bridgehead atoms. The number of ether oxygens (including phenoxy) is 1. The van der Waals surface area contributed by atoms with Crippen LogP contribution in [-0.2, 0) is 6.54 Å². The molecule has 21 heavy (non-hydrogen) atoms. The second-order valence-electron chi connectivity index (χ2n) is 4.60. The third-order valence-corrected chi connectivity index (χ3v) is 3.31. The van der Waals surface area contributed by atoms with Gasteiger partial charge in [-0.1, -0.05) is 23.7 Å². The Morgan fingerprint density at radius 2 is 2.19 bits per heavy atom. The van der Waals surface area contributed by atoms with Gasteiger partial charge < -0.3 is 15.4 Å². The predicted molar refractivity (Wildman–Crippen MR) is 82.5 cm³/mol. The number of rotatable bonds is 4. The number of nitrogen functional groups attached to an aromatic ring is 1. The van der Waals surface area contributed by atoms with Gasteiger partial charge in [0.1, 0.15) is 11.6 Å². The minimum absolute atomic E-state index is 0.211. The van der Waals surface area contributed by atoms with Gasteiger partial charge in [0.15, 0.2) is 0 Å². The first-order chi connectivity index (χ1) is 10.0. The molecule has 2 aromatic rings. The van der Waals surface area contributed by atoms with Crippen LogP contribution >= 0.6 is 11.6 Å². The van der Waals surface area contributed by atoms with E-state index in [1.807, 2.05) is 24.3 Å². The van der Waals surface area contributed by atoms with E-state index in [9.17, 15) is 4.79 Å². The van der Waals surface area contributed by atoms with E-state index in [-0.39, 0.29) is 16.7 Å². The standard InChI is InChI=1S/C15H16ClN3O2/c1-19(9-10-4-3-5-11(6-10)21-2)15(20)12-7-14(17)18-8-13(12)16/h3-8H,9H2,1-2H3,(H2,17,18). The highest BCUT2D eigenvalue weighted by atomic mass is 35.5. The number of anilines is 1. The highest BCUT2D eigenvalue weighted by Crippen LogP contribution is 2.20. The van der Waals surface area contributed by atoms with Crippen molar-refractivity contribution in [1.82, 2.24) is 9.88 Å². The summed E-state index contributed by atoms with van der Waals surface area (Å²) in [5, 5.41) is 0.284. The summed E-state index contributed by atoms with van der Waals surface area (Å²) in [6.45, 7) is 0.439. The lowest BCUT2D eigenvalue weighted by molar-refractivity contribution is 0.0785. The monoisotopic (exact) mass is 305 g/mol. The number of nitrogens with two attached hydrogens (primary N) is 1. The lowest BCUT2D eigenvalue weighted by atomic mass is 10.2. The average Bonchev–Trinajstić information content (AvgIpc) is 2.49. The zero-order valence-corrected chi connectivity index (χ0v) is 12.6. The third-order valence-electron chi connectivity index (χ3n) is 3.01. The Bertz CT molecular complexity index is 661. The lowest BCUT2D eigenvalue weighted by Crippen LogP contribution is -2.26. The normalized spacial score (nSPS) is 10.2. The van der Waals surface area contributed by atoms with Crippen LogP contribution < -0.4 is 10.5 Å². The predicted octanol–water partition coefficient (Wildman–Crippen LogP) is 2.60. The van der Waals surface area contributed by atoms with Crippen molar-refractivity contribution in [1.29, 1.82) is 0 Å². The van der Waals surface area contributed by atoms with Gasteiger partial charge in [-0.15, -0.1) is 0 Å². The molecule has 5 nitrogen and oxygen atoms in total. The van der Waals surface area contributed by atoms with E-state index in [1.165, 1.54) is 12.3 Å². The van der Waals surface area contributed by atoms with Crippen molar-refractivity contribution in [2.45, 2.75) is 6.54 Å². The molecule has 1 aromatic heterocycles. The molecule has 110 valence electrons. The van der Waals surface area contributed by atoms with Crippen LogP contribution in [0.2, 0.25) is 5.02 Å². The lowest BCUT2D eigenvalue weighted by Gasteiger charge is -2.18. The highest BCUT2D eigenvalue weighted by molar-refractivity contribution is 6.33. The van der Waals surface area contributed by atoms with E-state index in [2.05, 4.69) is 4.98 Å². The quantitative estimate of drug-likeness (QED) is 0.942. The number of pyridine rings is 1. The van der Waals surface area contributed by atoms with E-state index >= 15 is 0 Å². The van der Waals surface area contributed by atoms with Crippen molar-refractivity contribution in [3.63, 3.8) is 0 Å². The summed E-state index contributed by atoms with van der Waals surface area (Å²) in [5.41, 5.74) is 6.90. The van der Waals surface area contributed by atoms with E-state index < -0.39 is 0 Å². The number of methoxy groups -OCH3 is 1. The molecule has 0 fully saturated rings. The molecule has 1 aromatic carbocycles. The van der Waals surface area contributed by atoms with E-state index in [0.29, 0.717) is 12.1 Å². The summed E-state index contributed by atoms with van der Waals surface area (Å²) in [4.78, 5) is 17.8. The van der Waals surface area contributed by atoms with E-state index in [4.69, 9.17) is 22.1 Å². The van der Waals surface area contributed by atoms with Gasteiger partial charge in [0.25, 0.3) is 5.91 Å². The maximum Gasteiger partial charge on any atom is 0.255 e. The molecule has 0 saturated carbocycles. The number of carbonyl (C=O) groups is 1. The molecule has 0 unspecified atom stereocenters. The first-order valence-corrected chi connectivity index (χ1v) is 6.68. The molecule has 1 heterocycles. The van der Waals surface area contributed by atoms with Crippen molar-refractivity contribution in [2.24, 2.45) is 0 Å². The molecule has 0 aliphatic heterocycles. The van der Waals surface area contributed by atoms with Gasteiger partial charge in [0.2, 0.25) is 0 Å². The Kier molecular flexibility index (Phi) is 4.65. The van der Waals surface area contributed by atoms with Crippen molar-refractivity contribution in [2.75, 3.05) is 19.9 Å². The van der Waals surface area contributed by atoms with Crippen LogP contribution in [0.5, 0.6) is 5.75 Å². The van der Waals surface area contributed by atoms with Gasteiger partial charge in [-0.05, 0) is 23.8 Å². The van der Waals surface area contributed by atoms with Gasteiger partial charge in [-0.2, -0.15) is 0 Å². The molecule has 6 heteroatoms. The fraction of sp³-hybridized carbons (Fsp3) is 0.200. The molecule has 0 spiro atoms. The molecule has 0 saturated heterocycles. The van der Waals surface area contributed by atoms with Crippen LogP contribution in [0.4, 0.5) is 5.82 Å². The number of hydrogen-bond acceptors (Lipinski definition) is 4. The minimum atomic E-state index is -0.211. The van der Waals surface area contributed by atoms with Crippen molar-refractivity contribution in [3.05, 3.63) is 52.7 Å². The molecular weight excluding hydrogens is 290 g/mol. The number of halogens is 1. The minimum Gasteiger partial charge on any atom is -0.497 e. The summed E-state index contributed by atoms with van der Waals surface area (Å²) < 4.78 is 5.17. The number of hydrogen-bond donors (Lipinski definition) is 1. The first kappa shape index (κ1) is 15.1. The number of carbonyl (C=O) groups excluding carboxylic acids is 1. The second-order valence-corrected chi connectivity index (χ2v) is 5.01. The molecule has 2 N–H and O–H groups in total. The largest absolute Gasteiger partial charge is 0.497 e. The van der Waals surface area contributed by atoms with Gasteiger partial charge in [0.05, 0.1) is 17.7 Å². The summed E-state index contributed by atoms with van der Waals surface area (Å²) in [6.07, 6.45) is 1.38. The number of aromatic nitrogens is 1. The summed E-state index contributed by atoms with van der Waals surface area (Å²) >= 11 is 6.00. The zero-order valence-electron chi connectivity index (χ0n) is 11.8. The SMILES string of the molecule is COc1cccc(CN(C)C(=O)c2cc(N)ncc2Cl)c1. The first-order valence-electron chi connectivity index (χ1n) is 6.30. The molecule has 2 rings (SSSR count). The number of amides is 1. The molecule has 0 aliphatic rings. The Labute approximate surface area is 128 Å². The maximum absolute atomic E-state index is 12.4. The molecule has 0 radical (unpaired) electrons. The Balaban J connectivity index is 2.17. The van der Waals surface area contributed by atoms with Crippen LogP contribution in [0, 0.1) is 0 Å². The van der Waals surface area contributed by atoms with Crippen LogP contribution in [0.25, 0.3) is 0 Å². The highest BCUT2D eigenvalue weighted by Gasteiger charge is 2.16. The van der Waals surface area contributed by atoms with E-state index in [0.717, 1.165) is 11.3 Å². The van der Waals surface area contributed by atoms with Crippen LogP contribution in [0.1, 0.15) is 15.9 Å². The fourth-order valence-electron chi connectivity index (χ4n) is 1.94. The second kappa shape index (κ2) is 6.45. The van der Waals surface area contributed by atoms with Gasteiger partial charge in [0, 0.05) is 19.8 Å². The Morgan fingerprint density at radius 1 is 1.43 bits per heavy atom. The van der Waals surface area contributed by atoms with E-state index in [1.54, 1.807) is 19.1 Å². The zero-order chi connectivity index (χ0) is 15.4. The van der Waals surface area contributed by atoms with Crippen LogP contribution in [0.15, 0.2) is 36.5 Å². The average molecular weight is 306 g/mol. The summed E-state index contributed by atoms with van der Waals surface area (Å²) in [7, 11) is 3.31. The van der Waals surface area contributed by atoms with Crippen molar-refractivity contribution < 1.29 is 9.53 Å². The van der Waals surface area contributed by atoms with Gasteiger partial charge >= 0.3 is 0 Å². The fourth-order valence-corrected chi connectivity index (χ4v) is 2.13. The molecular formula is C15H16ClN3O2. The Hall–Kier alpha value is -2.27. The maximum atomic E-state index is 12.4. The molecule has 0 aliphatic carbocycles. The summed E-state index contributed by atoms with van der Waals surface area (Å²) in [5.74, 6) is 0.800.